The van der Waals surface area contributed by atoms with E-state index in [0.29, 0.717) is 23.0 Å². The Morgan fingerprint density at radius 2 is 1.96 bits per heavy atom. The van der Waals surface area contributed by atoms with Crippen LogP contribution in [0.4, 0.5) is 4.39 Å². The molecule has 8 heteroatoms. The lowest BCUT2D eigenvalue weighted by Crippen LogP contribution is -2.21. The molecule has 0 radical (unpaired) electrons. The van der Waals surface area contributed by atoms with Gasteiger partial charge in [0.1, 0.15) is 5.82 Å². The molecular formula is C20H17FN4O3. The molecule has 0 aliphatic heterocycles. The van der Waals surface area contributed by atoms with Gasteiger partial charge in [-0.1, -0.05) is 19.1 Å². The molecule has 3 aromatic heterocycles. The third-order valence-corrected chi connectivity index (χ3v) is 4.69. The molecule has 0 atom stereocenters. The first-order valence-corrected chi connectivity index (χ1v) is 8.87. The minimum Gasteiger partial charge on any atom is -0.481 e. The van der Waals surface area contributed by atoms with E-state index in [4.69, 9.17) is 5.11 Å². The maximum absolute atomic E-state index is 13.3. The van der Waals surface area contributed by atoms with Gasteiger partial charge in [-0.3, -0.25) is 9.59 Å². The van der Waals surface area contributed by atoms with Gasteiger partial charge in [0.05, 0.1) is 23.0 Å². The zero-order valence-corrected chi connectivity index (χ0v) is 15.1. The molecule has 0 spiro atoms. The van der Waals surface area contributed by atoms with Crippen molar-refractivity contribution in [3.8, 4) is 11.1 Å². The zero-order chi connectivity index (χ0) is 19.8. The van der Waals surface area contributed by atoms with Crippen molar-refractivity contribution in [2.24, 2.45) is 0 Å². The topological polar surface area (TPSA) is 89.5 Å². The van der Waals surface area contributed by atoms with Gasteiger partial charge in [0, 0.05) is 24.5 Å². The highest BCUT2D eigenvalue weighted by Gasteiger charge is 2.17. The Hall–Kier alpha value is -3.55. The minimum atomic E-state index is -0.968. The third-order valence-electron chi connectivity index (χ3n) is 4.69. The lowest BCUT2D eigenvalue weighted by atomic mass is 10.0. The number of benzene rings is 1. The molecule has 0 aliphatic rings. The monoisotopic (exact) mass is 380 g/mol. The van der Waals surface area contributed by atoms with Crippen LogP contribution in [0.15, 0.2) is 47.5 Å². The van der Waals surface area contributed by atoms with Gasteiger partial charge in [-0.15, -0.1) is 0 Å². The molecule has 142 valence electrons. The predicted octanol–water partition coefficient (Wildman–Crippen LogP) is 2.89. The highest BCUT2D eigenvalue weighted by atomic mass is 19.1. The SMILES string of the molecule is CCc1nn2c(ncc3c(=O)n(CCC(=O)O)ccc32)c1-c1ccc(F)cc1. The average Bonchev–Trinajstić information content (AvgIpc) is 3.07. The van der Waals surface area contributed by atoms with Crippen LogP contribution in [0.1, 0.15) is 19.0 Å². The molecule has 0 aliphatic carbocycles. The van der Waals surface area contributed by atoms with Gasteiger partial charge in [-0.05, 0) is 30.2 Å². The molecule has 0 unspecified atom stereocenters. The van der Waals surface area contributed by atoms with Crippen molar-refractivity contribution in [1.82, 2.24) is 19.2 Å². The van der Waals surface area contributed by atoms with Crippen molar-refractivity contribution in [2.75, 3.05) is 0 Å². The van der Waals surface area contributed by atoms with Crippen LogP contribution >= 0.6 is 0 Å². The number of hydrogen-bond acceptors (Lipinski definition) is 4. The largest absolute Gasteiger partial charge is 0.481 e. The second-order valence-electron chi connectivity index (χ2n) is 6.43. The van der Waals surface area contributed by atoms with Crippen LogP contribution < -0.4 is 5.56 Å². The van der Waals surface area contributed by atoms with E-state index in [1.54, 1.807) is 28.9 Å². The second kappa shape index (κ2) is 6.88. The summed E-state index contributed by atoms with van der Waals surface area (Å²) >= 11 is 0. The smallest absolute Gasteiger partial charge is 0.305 e. The number of hydrogen-bond donors (Lipinski definition) is 1. The van der Waals surface area contributed by atoms with Gasteiger partial charge < -0.3 is 9.67 Å². The highest BCUT2D eigenvalue weighted by Crippen LogP contribution is 2.29. The van der Waals surface area contributed by atoms with Gasteiger partial charge in [0.2, 0.25) is 0 Å². The quantitative estimate of drug-likeness (QED) is 0.575. The van der Waals surface area contributed by atoms with Crippen LogP contribution in [-0.2, 0) is 17.8 Å². The molecule has 0 bridgehead atoms. The second-order valence-corrected chi connectivity index (χ2v) is 6.43. The number of carboxylic acid groups (broad SMARTS) is 1. The molecule has 0 fully saturated rings. The van der Waals surface area contributed by atoms with Crippen LogP contribution in [0.2, 0.25) is 0 Å². The molecule has 4 aromatic rings. The summed E-state index contributed by atoms with van der Waals surface area (Å²) < 4.78 is 16.3. The fraction of sp³-hybridized carbons (Fsp3) is 0.200. The molecule has 1 N–H and O–H groups in total. The summed E-state index contributed by atoms with van der Waals surface area (Å²) in [5.41, 5.74) is 3.25. The van der Waals surface area contributed by atoms with E-state index in [0.717, 1.165) is 16.8 Å². The summed E-state index contributed by atoms with van der Waals surface area (Å²) in [4.78, 5) is 27.9. The van der Waals surface area contributed by atoms with Gasteiger partial charge in [0.25, 0.3) is 5.56 Å². The first-order valence-electron chi connectivity index (χ1n) is 8.87. The van der Waals surface area contributed by atoms with Crippen molar-refractivity contribution in [3.05, 3.63) is 64.6 Å². The Labute approximate surface area is 158 Å². The first kappa shape index (κ1) is 17.8. The number of halogens is 1. The summed E-state index contributed by atoms with van der Waals surface area (Å²) in [5, 5.41) is 13.8. The lowest BCUT2D eigenvalue weighted by Gasteiger charge is -2.07. The fourth-order valence-corrected chi connectivity index (χ4v) is 3.31. The maximum Gasteiger partial charge on any atom is 0.305 e. The molecule has 4 rings (SSSR count). The molecule has 3 heterocycles. The number of aliphatic carboxylic acids is 1. The normalized spacial score (nSPS) is 11.4. The molecule has 7 nitrogen and oxygen atoms in total. The van der Waals surface area contributed by atoms with E-state index in [1.165, 1.54) is 22.9 Å². The highest BCUT2D eigenvalue weighted by molar-refractivity contribution is 5.86. The molecular weight excluding hydrogens is 363 g/mol. The Bertz CT molecular complexity index is 1260. The zero-order valence-electron chi connectivity index (χ0n) is 15.1. The minimum absolute atomic E-state index is 0.0856. The Morgan fingerprint density at radius 1 is 1.21 bits per heavy atom. The molecule has 0 amide bonds. The number of aryl methyl sites for hydroxylation is 2. The van der Waals surface area contributed by atoms with Crippen molar-refractivity contribution in [1.29, 1.82) is 0 Å². The number of pyridine rings is 1. The van der Waals surface area contributed by atoms with E-state index >= 15 is 0 Å². The Kier molecular flexibility index (Phi) is 4.38. The summed E-state index contributed by atoms with van der Waals surface area (Å²) in [6, 6.07) is 7.87. The van der Waals surface area contributed by atoms with E-state index in [1.807, 2.05) is 6.92 Å². The number of aromatic nitrogens is 4. The Morgan fingerprint density at radius 3 is 2.64 bits per heavy atom. The van der Waals surface area contributed by atoms with E-state index in [2.05, 4.69) is 10.1 Å². The molecule has 1 aromatic carbocycles. The number of rotatable bonds is 5. The van der Waals surface area contributed by atoms with Crippen molar-refractivity contribution in [2.45, 2.75) is 26.3 Å². The Balaban J connectivity index is 1.93. The summed E-state index contributed by atoms with van der Waals surface area (Å²) in [7, 11) is 0. The van der Waals surface area contributed by atoms with Crippen LogP contribution in [0.25, 0.3) is 27.7 Å². The summed E-state index contributed by atoms with van der Waals surface area (Å²) in [5.74, 6) is -1.29. The molecule has 28 heavy (non-hydrogen) atoms. The van der Waals surface area contributed by atoms with Crippen molar-refractivity contribution >= 4 is 22.5 Å². The summed E-state index contributed by atoms with van der Waals surface area (Å²) in [6.45, 7) is 2.05. The van der Waals surface area contributed by atoms with Crippen LogP contribution in [0.3, 0.4) is 0 Å². The fourth-order valence-electron chi connectivity index (χ4n) is 3.31. The van der Waals surface area contributed by atoms with E-state index in [9.17, 15) is 14.0 Å². The van der Waals surface area contributed by atoms with Gasteiger partial charge in [0.15, 0.2) is 5.65 Å². The number of carboxylic acids is 1. The standard InChI is InChI=1S/C20H17FN4O3/c1-2-15-18(12-3-5-13(21)6-4-12)19-22-11-14-16(25(19)23-15)7-9-24(20(14)28)10-8-17(26)27/h3-7,9,11H,2,8,10H2,1H3,(H,26,27). The van der Waals surface area contributed by atoms with Crippen molar-refractivity contribution in [3.63, 3.8) is 0 Å². The first-order chi connectivity index (χ1) is 13.5. The predicted molar refractivity (Wildman–Crippen MR) is 102 cm³/mol. The van der Waals surface area contributed by atoms with Crippen molar-refractivity contribution < 1.29 is 14.3 Å². The van der Waals surface area contributed by atoms with Gasteiger partial charge >= 0.3 is 5.97 Å². The average molecular weight is 380 g/mol. The lowest BCUT2D eigenvalue weighted by molar-refractivity contribution is -0.137. The number of fused-ring (bicyclic) bond motifs is 3. The number of nitrogens with zero attached hydrogens (tertiary/aromatic N) is 4. The molecule has 0 saturated carbocycles. The van der Waals surface area contributed by atoms with Crippen LogP contribution in [0.5, 0.6) is 0 Å². The van der Waals surface area contributed by atoms with Crippen LogP contribution in [-0.4, -0.2) is 30.2 Å². The molecule has 0 saturated heterocycles. The van der Waals surface area contributed by atoms with E-state index in [-0.39, 0.29) is 24.3 Å². The third kappa shape index (κ3) is 2.92. The van der Waals surface area contributed by atoms with Crippen LogP contribution in [0, 0.1) is 5.82 Å². The summed E-state index contributed by atoms with van der Waals surface area (Å²) in [6.07, 6.45) is 3.56. The number of carbonyl (C=O) groups is 1. The van der Waals surface area contributed by atoms with E-state index < -0.39 is 5.97 Å². The maximum atomic E-state index is 13.3. The van der Waals surface area contributed by atoms with Gasteiger partial charge in [-0.2, -0.15) is 5.10 Å². The van der Waals surface area contributed by atoms with Gasteiger partial charge in [-0.25, -0.2) is 13.9 Å².